The number of rotatable bonds is 0. The summed E-state index contributed by atoms with van der Waals surface area (Å²) in [5.74, 6) is -0.219. The van der Waals surface area contributed by atoms with E-state index in [0.717, 1.165) is 11.3 Å². The predicted octanol–water partition coefficient (Wildman–Crippen LogP) is 2.45. The van der Waals surface area contributed by atoms with Crippen LogP contribution in [0.4, 0.5) is 5.69 Å². The Balaban J connectivity index is 2.74. The number of hydrogen-bond donors (Lipinski definition) is 1. The monoisotopic (exact) mass is 214 g/mol. The normalized spacial score (nSPS) is 23.5. The summed E-state index contributed by atoms with van der Waals surface area (Å²) >= 11 is 0. The Morgan fingerprint density at radius 3 is 2.50 bits per heavy atom. The van der Waals surface area contributed by atoms with Gasteiger partial charge in [0.1, 0.15) is 0 Å². The van der Waals surface area contributed by atoms with Crippen molar-refractivity contribution in [3.63, 3.8) is 0 Å². The summed E-state index contributed by atoms with van der Waals surface area (Å²) in [6.07, 6.45) is 0. The number of nitrogens with one attached hydrogen (secondary N) is 1. The molecule has 1 aliphatic heterocycles. The number of nitrogens with zero attached hydrogens (tertiary/aromatic N) is 1. The van der Waals surface area contributed by atoms with E-state index in [2.05, 4.69) is 11.4 Å². The van der Waals surface area contributed by atoms with Crippen LogP contribution in [-0.2, 0) is 10.2 Å². The smallest absolute Gasteiger partial charge is 0.250 e. The fourth-order valence-corrected chi connectivity index (χ4v) is 2.28. The minimum absolute atomic E-state index is 0.219. The molecule has 1 aliphatic rings. The lowest BCUT2D eigenvalue weighted by Crippen LogP contribution is -2.44. The molecule has 0 aliphatic carbocycles. The topological polar surface area (TPSA) is 52.9 Å². The first-order valence-electron chi connectivity index (χ1n) is 5.26. The van der Waals surface area contributed by atoms with Gasteiger partial charge in [-0.05, 0) is 11.5 Å². The molecule has 3 heteroatoms. The average molecular weight is 214 g/mol. The maximum absolute atomic E-state index is 12.1. The highest BCUT2D eigenvalue weighted by Crippen LogP contribution is 2.48. The first kappa shape index (κ1) is 10.7. The standard InChI is InChI=1S/C13H14N2O/c1-12(2,3)13(8-14)9-6-4-5-7-10(9)15-11(13)16/h4-7H,1-3H3,(H,15,16). The van der Waals surface area contributed by atoms with Crippen molar-refractivity contribution in [2.45, 2.75) is 26.2 Å². The van der Waals surface area contributed by atoms with Crippen LogP contribution in [0.3, 0.4) is 0 Å². The van der Waals surface area contributed by atoms with E-state index in [4.69, 9.17) is 0 Å². The molecule has 0 saturated carbocycles. The molecule has 1 heterocycles. The predicted molar refractivity (Wildman–Crippen MR) is 61.8 cm³/mol. The number of carbonyl (C=O) groups excluding carboxylic acids is 1. The second-order valence-electron chi connectivity index (χ2n) is 5.11. The molecule has 1 unspecified atom stereocenters. The summed E-state index contributed by atoms with van der Waals surface area (Å²) in [5, 5.41) is 12.2. The Bertz CT molecular complexity index is 493. The fourth-order valence-electron chi connectivity index (χ4n) is 2.28. The van der Waals surface area contributed by atoms with Gasteiger partial charge in [-0.15, -0.1) is 0 Å². The highest BCUT2D eigenvalue weighted by Gasteiger charge is 2.55. The van der Waals surface area contributed by atoms with Gasteiger partial charge in [-0.3, -0.25) is 4.79 Å². The Hall–Kier alpha value is -1.82. The first-order valence-corrected chi connectivity index (χ1v) is 5.26. The lowest BCUT2D eigenvalue weighted by atomic mass is 9.64. The van der Waals surface area contributed by atoms with E-state index < -0.39 is 10.8 Å². The summed E-state index contributed by atoms with van der Waals surface area (Å²) in [4.78, 5) is 12.1. The molecule has 0 spiro atoms. The summed E-state index contributed by atoms with van der Waals surface area (Å²) in [7, 11) is 0. The number of para-hydroxylation sites is 1. The highest BCUT2D eigenvalue weighted by atomic mass is 16.2. The van der Waals surface area contributed by atoms with Crippen LogP contribution in [0.15, 0.2) is 24.3 Å². The Kier molecular flexibility index (Phi) is 2.06. The summed E-state index contributed by atoms with van der Waals surface area (Å²) < 4.78 is 0. The van der Waals surface area contributed by atoms with Gasteiger partial charge in [0.15, 0.2) is 5.41 Å². The maximum atomic E-state index is 12.1. The number of fused-ring (bicyclic) bond motifs is 1. The van der Waals surface area contributed by atoms with Crippen molar-refractivity contribution in [1.29, 1.82) is 5.26 Å². The third-order valence-corrected chi connectivity index (χ3v) is 3.21. The highest BCUT2D eigenvalue weighted by molar-refractivity contribution is 6.09. The van der Waals surface area contributed by atoms with Crippen LogP contribution < -0.4 is 5.32 Å². The quantitative estimate of drug-likeness (QED) is 0.721. The van der Waals surface area contributed by atoms with Crippen LogP contribution in [0.25, 0.3) is 0 Å². The van der Waals surface area contributed by atoms with Crippen LogP contribution in [0.1, 0.15) is 26.3 Å². The van der Waals surface area contributed by atoms with Gasteiger partial charge >= 0.3 is 0 Å². The lowest BCUT2D eigenvalue weighted by molar-refractivity contribution is -0.121. The Morgan fingerprint density at radius 1 is 1.31 bits per heavy atom. The molecule has 82 valence electrons. The van der Waals surface area contributed by atoms with E-state index in [0.29, 0.717) is 0 Å². The number of anilines is 1. The molecule has 1 amide bonds. The molecule has 3 nitrogen and oxygen atoms in total. The van der Waals surface area contributed by atoms with Gasteiger partial charge in [-0.1, -0.05) is 39.0 Å². The molecule has 1 aromatic carbocycles. The van der Waals surface area contributed by atoms with Crippen LogP contribution in [0.5, 0.6) is 0 Å². The zero-order chi connectivity index (χ0) is 12.0. The van der Waals surface area contributed by atoms with Crippen molar-refractivity contribution in [3.05, 3.63) is 29.8 Å². The average Bonchev–Trinajstić information content (AvgIpc) is 2.49. The summed E-state index contributed by atoms with van der Waals surface area (Å²) in [5.41, 5.74) is 0.0288. The van der Waals surface area contributed by atoms with Crippen molar-refractivity contribution in [1.82, 2.24) is 0 Å². The molecule has 0 saturated heterocycles. The van der Waals surface area contributed by atoms with Gasteiger partial charge in [0.25, 0.3) is 0 Å². The zero-order valence-electron chi connectivity index (χ0n) is 9.66. The molecule has 1 atom stereocenters. The number of amides is 1. The largest absolute Gasteiger partial charge is 0.324 e. The second-order valence-corrected chi connectivity index (χ2v) is 5.11. The van der Waals surface area contributed by atoms with Gasteiger partial charge in [-0.2, -0.15) is 5.26 Å². The van der Waals surface area contributed by atoms with Gasteiger partial charge in [0, 0.05) is 11.3 Å². The third-order valence-electron chi connectivity index (χ3n) is 3.21. The molecule has 2 rings (SSSR count). The Morgan fingerprint density at radius 2 is 1.94 bits per heavy atom. The van der Waals surface area contributed by atoms with Crippen molar-refractivity contribution in [3.8, 4) is 6.07 Å². The van der Waals surface area contributed by atoms with Crippen molar-refractivity contribution < 1.29 is 4.79 Å². The summed E-state index contributed by atoms with van der Waals surface area (Å²) in [6.45, 7) is 5.74. The molecule has 0 bridgehead atoms. The molecule has 0 fully saturated rings. The van der Waals surface area contributed by atoms with Crippen molar-refractivity contribution >= 4 is 11.6 Å². The molecular weight excluding hydrogens is 200 g/mol. The van der Waals surface area contributed by atoms with E-state index in [-0.39, 0.29) is 5.91 Å². The maximum Gasteiger partial charge on any atom is 0.250 e. The number of carbonyl (C=O) groups is 1. The number of nitriles is 1. The van der Waals surface area contributed by atoms with E-state index in [1.165, 1.54) is 0 Å². The lowest BCUT2D eigenvalue weighted by Gasteiger charge is -2.33. The van der Waals surface area contributed by atoms with Crippen molar-refractivity contribution in [2.75, 3.05) is 5.32 Å². The molecular formula is C13H14N2O. The van der Waals surface area contributed by atoms with Gasteiger partial charge in [0.2, 0.25) is 5.91 Å². The minimum atomic E-state index is -1.08. The number of benzene rings is 1. The van der Waals surface area contributed by atoms with Crippen molar-refractivity contribution in [2.24, 2.45) is 5.41 Å². The Labute approximate surface area is 95.1 Å². The van der Waals surface area contributed by atoms with Gasteiger partial charge < -0.3 is 5.32 Å². The molecule has 0 aromatic heterocycles. The fraction of sp³-hybridized carbons (Fsp3) is 0.385. The van der Waals surface area contributed by atoms with Gasteiger partial charge in [0.05, 0.1) is 6.07 Å². The molecule has 0 radical (unpaired) electrons. The molecule has 1 aromatic rings. The van der Waals surface area contributed by atoms with Crippen LogP contribution in [-0.4, -0.2) is 5.91 Å². The number of hydrogen-bond acceptors (Lipinski definition) is 2. The van der Waals surface area contributed by atoms with Crippen LogP contribution >= 0.6 is 0 Å². The SMILES string of the molecule is CC(C)(C)C1(C#N)C(=O)Nc2ccccc21. The van der Waals surface area contributed by atoms with E-state index in [9.17, 15) is 10.1 Å². The summed E-state index contributed by atoms with van der Waals surface area (Å²) in [6, 6.07) is 9.61. The van der Waals surface area contributed by atoms with E-state index >= 15 is 0 Å². The van der Waals surface area contributed by atoms with E-state index in [1.54, 1.807) is 0 Å². The minimum Gasteiger partial charge on any atom is -0.324 e. The first-order chi connectivity index (χ1) is 7.43. The molecule has 1 N–H and O–H groups in total. The van der Waals surface area contributed by atoms with E-state index in [1.807, 2.05) is 45.0 Å². The zero-order valence-corrected chi connectivity index (χ0v) is 9.66. The third kappa shape index (κ3) is 1.10. The van der Waals surface area contributed by atoms with Crippen LogP contribution in [0.2, 0.25) is 0 Å². The second kappa shape index (κ2) is 3.08. The van der Waals surface area contributed by atoms with Crippen LogP contribution in [0, 0.1) is 16.7 Å². The molecule has 16 heavy (non-hydrogen) atoms. The van der Waals surface area contributed by atoms with Gasteiger partial charge in [-0.25, -0.2) is 0 Å².